The van der Waals surface area contributed by atoms with E-state index in [4.69, 9.17) is 0 Å². The Hall–Kier alpha value is -1.09. The SMILES string of the molecule is CCC1CCCC(Nc2ccc3nc(C)sc3c2)CC1. The Morgan fingerprint density at radius 2 is 2.15 bits per heavy atom. The van der Waals surface area contributed by atoms with Crippen LogP contribution in [0.1, 0.15) is 50.5 Å². The van der Waals surface area contributed by atoms with Gasteiger partial charge in [0.05, 0.1) is 15.2 Å². The number of hydrogen-bond acceptors (Lipinski definition) is 3. The summed E-state index contributed by atoms with van der Waals surface area (Å²) in [6.07, 6.45) is 8.16. The molecule has 0 radical (unpaired) electrons. The highest BCUT2D eigenvalue weighted by molar-refractivity contribution is 7.18. The van der Waals surface area contributed by atoms with Gasteiger partial charge >= 0.3 is 0 Å². The van der Waals surface area contributed by atoms with Crippen molar-refractivity contribution in [2.45, 2.75) is 58.4 Å². The molecule has 2 aromatic rings. The van der Waals surface area contributed by atoms with Crippen molar-refractivity contribution >= 4 is 27.2 Å². The van der Waals surface area contributed by atoms with Crippen molar-refractivity contribution in [2.75, 3.05) is 5.32 Å². The fourth-order valence-corrected chi connectivity index (χ4v) is 4.16. The van der Waals surface area contributed by atoms with Crippen LogP contribution in [0.3, 0.4) is 0 Å². The van der Waals surface area contributed by atoms with Crippen LogP contribution in [0.5, 0.6) is 0 Å². The zero-order chi connectivity index (χ0) is 13.9. The molecule has 3 heteroatoms. The van der Waals surface area contributed by atoms with E-state index in [-0.39, 0.29) is 0 Å². The lowest BCUT2D eigenvalue weighted by Crippen LogP contribution is -2.18. The standard InChI is InChI=1S/C17H24N2S/c1-3-13-5-4-6-14(8-7-13)19-15-9-10-16-17(11-15)20-12(2)18-16/h9-11,13-14,19H,3-8H2,1-2H3. The topological polar surface area (TPSA) is 24.9 Å². The second kappa shape index (κ2) is 6.13. The third kappa shape index (κ3) is 3.14. The lowest BCUT2D eigenvalue weighted by atomic mass is 9.98. The number of benzene rings is 1. The molecule has 1 fully saturated rings. The highest BCUT2D eigenvalue weighted by Gasteiger charge is 2.17. The lowest BCUT2D eigenvalue weighted by Gasteiger charge is -2.18. The maximum atomic E-state index is 4.53. The van der Waals surface area contributed by atoms with E-state index in [0.29, 0.717) is 6.04 Å². The Kier molecular flexibility index (Phi) is 4.25. The summed E-state index contributed by atoms with van der Waals surface area (Å²) in [4.78, 5) is 4.53. The van der Waals surface area contributed by atoms with E-state index in [2.05, 4.69) is 42.3 Å². The second-order valence-corrected chi connectivity index (χ2v) is 7.27. The minimum Gasteiger partial charge on any atom is -0.382 e. The number of nitrogens with one attached hydrogen (secondary N) is 1. The number of fused-ring (bicyclic) bond motifs is 1. The molecule has 20 heavy (non-hydrogen) atoms. The van der Waals surface area contributed by atoms with E-state index in [1.807, 2.05) is 0 Å². The number of rotatable bonds is 3. The molecule has 1 aromatic heterocycles. The van der Waals surface area contributed by atoms with Crippen molar-refractivity contribution in [2.24, 2.45) is 5.92 Å². The van der Waals surface area contributed by atoms with Gasteiger partial charge in [0.2, 0.25) is 0 Å². The normalized spacial score (nSPS) is 23.7. The fourth-order valence-electron chi connectivity index (χ4n) is 3.30. The fraction of sp³-hybridized carbons (Fsp3) is 0.588. The Morgan fingerprint density at radius 3 is 3.00 bits per heavy atom. The van der Waals surface area contributed by atoms with Gasteiger partial charge < -0.3 is 5.32 Å². The van der Waals surface area contributed by atoms with Gasteiger partial charge in [-0.25, -0.2) is 4.98 Å². The van der Waals surface area contributed by atoms with Gasteiger partial charge in [0.15, 0.2) is 0 Å². The predicted octanol–water partition coefficient (Wildman–Crippen LogP) is 5.38. The number of anilines is 1. The molecule has 1 aliphatic rings. The number of thiazole rings is 1. The zero-order valence-corrected chi connectivity index (χ0v) is 13.3. The first-order valence-electron chi connectivity index (χ1n) is 7.88. The van der Waals surface area contributed by atoms with Crippen molar-refractivity contribution in [3.05, 3.63) is 23.2 Å². The van der Waals surface area contributed by atoms with E-state index < -0.39 is 0 Å². The van der Waals surface area contributed by atoms with Crippen molar-refractivity contribution in [3.63, 3.8) is 0 Å². The number of aromatic nitrogens is 1. The van der Waals surface area contributed by atoms with E-state index >= 15 is 0 Å². The van der Waals surface area contributed by atoms with E-state index in [1.165, 1.54) is 48.9 Å². The van der Waals surface area contributed by atoms with E-state index in [1.54, 1.807) is 11.3 Å². The highest BCUT2D eigenvalue weighted by atomic mass is 32.1. The third-order valence-electron chi connectivity index (χ3n) is 4.53. The monoisotopic (exact) mass is 288 g/mol. The molecule has 1 saturated carbocycles. The van der Waals surface area contributed by atoms with Gasteiger partial charge in [0.1, 0.15) is 0 Å². The summed E-state index contributed by atoms with van der Waals surface area (Å²) in [7, 11) is 0. The van der Waals surface area contributed by atoms with Crippen LogP contribution in [0.2, 0.25) is 0 Å². The molecule has 0 spiro atoms. The van der Waals surface area contributed by atoms with Crippen LogP contribution in [0, 0.1) is 12.8 Å². The van der Waals surface area contributed by atoms with Gasteiger partial charge in [-0.15, -0.1) is 11.3 Å². The Labute approximate surface area is 125 Å². The van der Waals surface area contributed by atoms with E-state index in [9.17, 15) is 0 Å². The Bertz CT molecular complexity index is 575. The first kappa shape index (κ1) is 13.9. The molecule has 1 aromatic carbocycles. The van der Waals surface area contributed by atoms with Crippen LogP contribution >= 0.6 is 11.3 Å². The van der Waals surface area contributed by atoms with E-state index in [0.717, 1.165) is 16.4 Å². The summed E-state index contributed by atoms with van der Waals surface area (Å²) in [5, 5.41) is 4.90. The van der Waals surface area contributed by atoms with Crippen LogP contribution in [0.25, 0.3) is 10.2 Å². The van der Waals surface area contributed by atoms with Gasteiger partial charge in [0, 0.05) is 11.7 Å². The molecular formula is C17H24N2S. The summed E-state index contributed by atoms with van der Waals surface area (Å²) >= 11 is 1.79. The minimum absolute atomic E-state index is 0.651. The molecule has 3 rings (SSSR count). The molecule has 0 amide bonds. The molecule has 0 bridgehead atoms. The van der Waals surface area contributed by atoms with Gasteiger partial charge in [-0.2, -0.15) is 0 Å². The van der Waals surface area contributed by atoms with Crippen molar-refractivity contribution < 1.29 is 0 Å². The van der Waals surface area contributed by atoms with Crippen LogP contribution in [0.15, 0.2) is 18.2 Å². The average Bonchev–Trinajstić information content (AvgIpc) is 2.66. The summed E-state index contributed by atoms with van der Waals surface area (Å²) in [5.41, 5.74) is 2.39. The molecule has 1 N–H and O–H groups in total. The maximum Gasteiger partial charge on any atom is 0.0907 e. The lowest BCUT2D eigenvalue weighted by molar-refractivity contribution is 0.444. The van der Waals surface area contributed by atoms with Crippen molar-refractivity contribution in [1.29, 1.82) is 0 Å². The van der Waals surface area contributed by atoms with Gasteiger partial charge in [-0.05, 0) is 50.3 Å². The molecule has 2 nitrogen and oxygen atoms in total. The van der Waals surface area contributed by atoms with Gasteiger partial charge in [-0.3, -0.25) is 0 Å². The quantitative estimate of drug-likeness (QED) is 0.767. The third-order valence-corrected chi connectivity index (χ3v) is 5.47. The van der Waals surface area contributed by atoms with Crippen LogP contribution in [-0.2, 0) is 0 Å². The predicted molar refractivity (Wildman–Crippen MR) is 88.6 cm³/mol. The molecule has 2 atom stereocenters. The first-order chi connectivity index (χ1) is 9.74. The Balaban J connectivity index is 1.69. The molecule has 0 saturated heterocycles. The zero-order valence-electron chi connectivity index (χ0n) is 12.5. The molecule has 1 aliphatic carbocycles. The maximum absolute atomic E-state index is 4.53. The molecular weight excluding hydrogens is 264 g/mol. The number of nitrogens with zero attached hydrogens (tertiary/aromatic N) is 1. The smallest absolute Gasteiger partial charge is 0.0907 e. The summed E-state index contributed by atoms with van der Waals surface area (Å²) in [5.74, 6) is 0.952. The number of aryl methyl sites for hydroxylation is 1. The second-order valence-electron chi connectivity index (χ2n) is 6.04. The van der Waals surface area contributed by atoms with Crippen molar-refractivity contribution in [1.82, 2.24) is 4.98 Å². The van der Waals surface area contributed by atoms with Crippen molar-refractivity contribution in [3.8, 4) is 0 Å². The van der Waals surface area contributed by atoms with Crippen LogP contribution in [0.4, 0.5) is 5.69 Å². The van der Waals surface area contributed by atoms with Gasteiger partial charge in [0.25, 0.3) is 0 Å². The molecule has 108 valence electrons. The van der Waals surface area contributed by atoms with Crippen LogP contribution in [-0.4, -0.2) is 11.0 Å². The Morgan fingerprint density at radius 1 is 1.25 bits per heavy atom. The van der Waals surface area contributed by atoms with Crippen LogP contribution < -0.4 is 5.32 Å². The summed E-state index contributed by atoms with van der Waals surface area (Å²) < 4.78 is 1.30. The minimum atomic E-state index is 0.651. The summed E-state index contributed by atoms with van der Waals surface area (Å²) in [6, 6.07) is 7.25. The molecule has 1 heterocycles. The summed E-state index contributed by atoms with van der Waals surface area (Å²) in [6.45, 7) is 4.41. The molecule has 0 aliphatic heterocycles. The highest BCUT2D eigenvalue weighted by Crippen LogP contribution is 2.29. The average molecular weight is 288 g/mol. The van der Waals surface area contributed by atoms with Gasteiger partial charge in [-0.1, -0.05) is 26.2 Å². The number of hydrogen-bond donors (Lipinski definition) is 1. The largest absolute Gasteiger partial charge is 0.382 e. The molecule has 2 unspecified atom stereocenters. The first-order valence-corrected chi connectivity index (χ1v) is 8.70.